The molecule has 1 aliphatic carbocycles. The molecule has 6 rings (SSSR count). The van der Waals surface area contributed by atoms with Crippen LogP contribution in [0.4, 0.5) is 5.82 Å². The number of likely N-dealkylation sites (N-methyl/N-ethyl adjacent to an activating group) is 1. The Morgan fingerprint density at radius 3 is 2.52 bits per heavy atom. The number of amides is 2. The average Bonchev–Trinajstić information content (AvgIpc) is 3.73. The molecule has 1 aromatic carbocycles. The third-order valence-corrected chi connectivity index (χ3v) is 12.4. The first-order valence-electron chi connectivity index (χ1n) is 16.1. The smallest absolute Gasteiger partial charge is 0.252 e. The molecule has 3 aliphatic rings. The van der Waals surface area contributed by atoms with Gasteiger partial charge in [0.05, 0.1) is 40.4 Å². The number of benzene rings is 1. The Bertz CT molecular complexity index is 1760. The Kier molecular flexibility index (Phi) is 8.62. The van der Waals surface area contributed by atoms with Crippen molar-refractivity contribution >= 4 is 38.6 Å². The number of anilines is 1. The van der Waals surface area contributed by atoms with E-state index in [0.717, 1.165) is 44.0 Å². The molecule has 3 unspecified atom stereocenters. The predicted molar refractivity (Wildman–Crippen MR) is 180 cm³/mol. The molecule has 3 aromatic rings. The van der Waals surface area contributed by atoms with E-state index < -0.39 is 20.7 Å². The van der Waals surface area contributed by atoms with Gasteiger partial charge >= 0.3 is 0 Å². The summed E-state index contributed by atoms with van der Waals surface area (Å²) >= 11 is 0. The number of nitrogens with one attached hydrogen (secondary N) is 2. The van der Waals surface area contributed by atoms with Crippen LogP contribution < -0.4 is 20.3 Å². The van der Waals surface area contributed by atoms with Crippen molar-refractivity contribution in [3.63, 3.8) is 0 Å². The molecule has 0 spiro atoms. The molecule has 0 bridgehead atoms. The van der Waals surface area contributed by atoms with Crippen LogP contribution in [0.2, 0.25) is 0 Å². The molecule has 3 atom stereocenters. The van der Waals surface area contributed by atoms with E-state index in [9.17, 15) is 18.0 Å². The number of piperidine rings is 1. The zero-order valence-electron chi connectivity index (χ0n) is 27.1. The second kappa shape index (κ2) is 12.4. The molecule has 46 heavy (non-hydrogen) atoms. The third-order valence-electron chi connectivity index (χ3n) is 9.96. The number of allylic oxidation sites excluding steroid dienone is 1. The molecule has 2 amide bonds. The minimum atomic E-state index is -3.87. The van der Waals surface area contributed by atoms with Crippen molar-refractivity contribution < 1.29 is 22.7 Å². The van der Waals surface area contributed by atoms with Crippen molar-refractivity contribution in [1.82, 2.24) is 24.5 Å². The highest BCUT2D eigenvalue weighted by Crippen LogP contribution is 2.49. The Hall–Kier alpha value is -3.90. The molecule has 2 aromatic heterocycles. The van der Waals surface area contributed by atoms with E-state index in [4.69, 9.17) is 9.72 Å². The number of carbonyl (C=O) groups is 2. The second-order valence-corrected chi connectivity index (χ2v) is 15.4. The van der Waals surface area contributed by atoms with Crippen LogP contribution in [0.1, 0.15) is 49.9 Å². The molecule has 2 saturated heterocycles. The number of hydrogen-bond donors (Lipinski definition) is 2. The third kappa shape index (κ3) is 5.77. The van der Waals surface area contributed by atoms with E-state index in [2.05, 4.69) is 34.1 Å². The number of rotatable bonds is 10. The number of piperazine rings is 1. The van der Waals surface area contributed by atoms with Crippen LogP contribution >= 0.6 is 0 Å². The van der Waals surface area contributed by atoms with Gasteiger partial charge in [0.15, 0.2) is 0 Å². The molecular formula is C34H44N6O5S. The Morgan fingerprint density at radius 1 is 1.17 bits per heavy atom. The SMILES string of the molecule is C=CCC1(S(=O)(=O)n2cc(OC)c3c(C(=O)NCC4C(=O)NC(C)CC4C)cc(-c4ccc(N5CCN(C)CC5)nc4)cc32)CC1. The van der Waals surface area contributed by atoms with Gasteiger partial charge in [0.2, 0.25) is 15.9 Å². The molecule has 3 fully saturated rings. The van der Waals surface area contributed by atoms with Crippen molar-refractivity contribution in [3.8, 4) is 16.9 Å². The Morgan fingerprint density at radius 2 is 1.91 bits per heavy atom. The fraction of sp³-hybridized carbons (Fsp3) is 0.500. The summed E-state index contributed by atoms with van der Waals surface area (Å²) in [6.07, 6.45) is 7.12. The van der Waals surface area contributed by atoms with Crippen LogP contribution in [0.3, 0.4) is 0 Å². The molecule has 2 N–H and O–H groups in total. The van der Waals surface area contributed by atoms with E-state index in [1.165, 1.54) is 17.3 Å². The molecule has 12 heteroatoms. The topological polar surface area (TPSA) is 126 Å². The highest BCUT2D eigenvalue weighted by atomic mass is 32.2. The van der Waals surface area contributed by atoms with Crippen molar-refractivity contribution in [2.75, 3.05) is 51.8 Å². The molecule has 0 radical (unpaired) electrons. The normalized spacial score (nSPS) is 23.2. The molecule has 246 valence electrons. The van der Waals surface area contributed by atoms with Gasteiger partial charge in [0.1, 0.15) is 11.6 Å². The number of methoxy groups -OCH3 is 1. The lowest BCUT2D eigenvalue weighted by Gasteiger charge is -2.33. The number of ether oxygens (including phenoxy) is 1. The number of fused-ring (bicyclic) bond motifs is 1. The minimum Gasteiger partial charge on any atom is -0.494 e. The summed E-state index contributed by atoms with van der Waals surface area (Å²) in [7, 11) is -0.294. The Labute approximate surface area is 271 Å². The van der Waals surface area contributed by atoms with Gasteiger partial charge in [0, 0.05) is 50.5 Å². The van der Waals surface area contributed by atoms with Gasteiger partial charge < -0.3 is 25.2 Å². The predicted octanol–water partition coefficient (Wildman–Crippen LogP) is 3.64. The van der Waals surface area contributed by atoms with Crippen LogP contribution in [-0.2, 0) is 14.8 Å². The lowest BCUT2D eigenvalue weighted by atomic mass is 9.84. The minimum absolute atomic E-state index is 0.0799. The maximum atomic E-state index is 14.1. The number of hydrogen-bond acceptors (Lipinski definition) is 8. The summed E-state index contributed by atoms with van der Waals surface area (Å²) in [5.74, 6) is 0.395. The van der Waals surface area contributed by atoms with Crippen LogP contribution in [-0.4, -0.2) is 91.8 Å². The van der Waals surface area contributed by atoms with Crippen molar-refractivity contribution in [1.29, 1.82) is 0 Å². The van der Waals surface area contributed by atoms with E-state index in [1.54, 1.807) is 24.4 Å². The van der Waals surface area contributed by atoms with E-state index >= 15 is 0 Å². The van der Waals surface area contributed by atoms with Gasteiger partial charge in [-0.1, -0.05) is 13.0 Å². The number of nitrogens with zero attached hydrogens (tertiary/aromatic N) is 4. The van der Waals surface area contributed by atoms with Crippen molar-refractivity contribution in [2.45, 2.75) is 50.3 Å². The van der Waals surface area contributed by atoms with Gasteiger partial charge in [-0.3, -0.25) is 9.59 Å². The summed E-state index contributed by atoms with van der Waals surface area (Å²) < 4.78 is 34.3. The zero-order valence-corrected chi connectivity index (χ0v) is 27.9. The van der Waals surface area contributed by atoms with Crippen molar-refractivity contribution in [2.24, 2.45) is 11.8 Å². The van der Waals surface area contributed by atoms with Crippen LogP contribution in [0.15, 0.2) is 49.3 Å². The summed E-state index contributed by atoms with van der Waals surface area (Å²) in [6.45, 7) is 11.6. The fourth-order valence-corrected chi connectivity index (χ4v) is 8.94. The fourth-order valence-electron chi connectivity index (χ4n) is 6.94. The highest BCUT2D eigenvalue weighted by molar-refractivity contribution is 7.91. The van der Waals surface area contributed by atoms with Crippen LogP contribution in [0, 0.1) is 11.8 Å². The van der Waals surface area contributed by atoms with Gasteiger partial charge in [-0.25, -0.2) is 17.4 Å². The zero-order chi connectivity index (χ0) is 32.8. The second-order valence-electron chi connectivity index (χ2n) is 13.2. The molecular weight excluding hydrogens is 604 g/mol. The van der Waals surface area contributed by atoms with Crippen molar-refractivity contribution in [3.05, 3.63) is 54.9 Å². The van der Waals surface area contributed by atoms with Gasteiger partial charge in [-0.05, 0) is 75.4 Å². The molecule has 11 nitrogen and oxygen atoms in total. The molecule has 2 aliphatic heterocycles. The van der Waals surface area contributed by atoms with Gasteiger partial charge in [-0.2, -0.15) is 0 Å². The standard InChI is InChI=1S/C34H44N6O5S/c1-6-9-34(10-11-34)46(43,44)40-21-29(45-5)31-26(32(41)36-20-27-22(2)16-23(3)37-33(27)42)17-25(18-28(31)40)24-7-8-30(35-19-24)39-14-12-38(4)13-15-39/h6-8,17-19,21-23,27H,1,9-16,20H2,2-5H3,(H,36,41)(H,37,42). The molecule has 4 heterocycles. The summed E-state index contributed by atoms with van der Waals surface area (Å²) in [6, 6.07) is 7.56. The Balaban J connectivity index is 1.42. The lowest BCUT2D eigenvalue weighted by molar-refractivity contribution is -0.129. The largest absolute Gasteiger partial charge is 0.494 e. The highest BCUT2D eigenvalue weighted by Gasteiger charge is 2.54. The summed E-state index contributed by atoms with van der Waals surface area (Å²) in [4.78, 5) is 36.0. The molecule has 1 saturated carbocycles. The summed E-state index contributed by atoms with van der Waals surface area (Å²) in [5.41, 5.74) is 2.03. The number of pyridine rings is 1. The first-order chi connectivity index (χ1) is 22.0. The van der Waals surface area contributed by atoms with E-state index in [-0.39, 0.29) is 41.6 Å². The summed E-state index contributed by atoms with van der Waals surface area (Å²) in [5, 5.41) is 6.36. The maximum absolute atomic E-state index is 14.1. The number of aromatic nitrogens is 2. The monoisotopic (exact) mass is 648 g/mol. The quantitative estimate of drug-likeness (QED) is 0.320. The van der Waals surface area contributed by atoms with Crippen LogP contribution in [0.5, 0.6) is 5.75 Å². The average molecular weight is 649 g/mol. The van der Waals surface area contributed by atoms with E-state index in [0.29, 0.717) is 35.7 Å². The lowest BCUT2D eigenvalue weighted by Crippen LogP contribution is -2.50. The van der Waals surface area contributed by atoms with Crippen LogP contribution in [0.25, 0.3) is 22.0 Å². The first kappa shape index (κ1) is 32.1. The van der Waals surface area contributed by atoms with E-state index in [1.807, 2.05) is 26.0 Å². The first-order valence-corrected chi connectivity index (χ1v) is 17.5. The number of carbonyl (C=O) groups excluding carboxylic acids is 2. The van der Waals surface area contributed by atoms with Gasteiger partial charge in [-0.15, -0.1) is 6.58 Å². The van der Waals surface area contributed by atoms with Gasteiger partial charge in [0.25, 0.3) is 5.91 Å². The maximum Gasteiger partial charge on any atom is 0.252 e.